The van der Waals surface area contributed by atoms with Crippen LogP contribution in [0.4, 0.5) is 11.5 Å². The predicted octanol–water partition coefficient (Wildman–Crippen LogP) is 3.34. The van der Waals surface area contributed by atoms with Gasteiger partial charge in [-0.2, -0.15) is 5.26 Å². The number of carbonyl (C=O) groups is 1. The summed E-state index contributed by atoms with van der Waals surface area (Å²) in [5, 5.41) is 15.3. The number of hydrogen-bond acceptors (Lipinski definition) is 6. The molecule has 0 spiro atoms. The van der Waals surface area contributed by atoms with Gasteiger partial charge in [0.1, 0.15) is 5.82 Å². The van der Waals surface area contributed by atoms with Crippen LogP contribution in [0.15, 0.2) is 72.9 Å². The highest BCUT2D eigenvalue weighted by molar-refractivity contribution is 5.95. The number of pyridine rings is 1. The molecule has 0 bridgehead atoms. The van der Waals surface area contributed by atoms with E-state index in [-0.39, 0.29) is 11.8 Å². The van der Waals surface area contributed by atoms with Crippen molar-refractivity contribution in [2.45, 2.75) is 12.3 Å². The van der Waals surface area contributed by atoms with Crippen molar-refractivity contribution >= 4 is 17.4 Å². The summed E-state index contributed by atoms with van der Waals surface area (Å²) in [6.07, 6.45) is 2.62. The molecule has 1 aliphatic rings. The Kier molecular flexibility index (Phi) is 8.22. The lowest BCUT2D eigenvalue weighted by Crippen LogP contribution is -2.36. The van der Waals surface area contributed by atoms with E-state index < -0.39 is 0 Å². The molecule has 1 unspecified atom stereocenters. The summed E-state index contributed by atoms with van der Waals surface area (Å²) < 4.78 is 5.40. The number of hydrogen-bond donors (Lipinski definition) is 2. The second-order valence-corrected chi connectivity index (χ2v) is 8.22. The molecule has 2 N–H and O–H groups in total. The monoisotopic (exact) mass is 455 g/mol. The van der Waals surface area contributed by atoms with Crippen LogP contribution in [0.3, 0.4) is 0 Å². The number of morpholine rings is 1. The molecule has 0 radical (unpaired) electrons. The van der Waals surface area contributed by atoms with Gasteiger partial charge < -0.3 is 20.3 Å². The Hall–Kier alpha value is -3.73. The Morgan fingerprint density at radius 3 is 2.50 bits per heavy atom. The Labute approximate surface area is 200 Å². The van der Waals surface area contributed by atoms with Crippen LogP contribution in [0.5, 0.6) is 0 Å². The highest BCUT2D eigenvalue weighted by Crippen LogP contribution is 2.20. The molecule has 0 aliphatic carbocycles. The van der Waals surface area contributed by atoms with Gasteiger partial charge in [-0.15, -0.1) is 0 Å². The maximum Gasteiger partial charge on any atom is 0.234 e. The SMILES string of the molecule is N#Cc1ccc(CCNCC(C(=O)Nc2ccc(N3CCOCC3)cn2)c2ccccc2)cc1. The van der Waals surface area contributed by atoms with E-state index in [1.165, 1.54) is 0 Å². The van der Waals surface area contributed by atoms with Crippen LogP contribution in [0.1, 0.15) is 22.6 Å². The van der Waals surface area contributed by atoms with E-state index in [0.717, 1.165) is 56.1 Å². The minimum Gasteiger partial charge on any atom is -0.378 e. The zero-order valence-corrected chi connectivity index (χ0v) is 19.1. The van der Waals surface area contributed by atoms with Crippen LogP contribution >= 0.6 is 0 Å². The topological polar surface area (TPSA) is 90.3 Å². The lowest BCUT2D eigenvalue weighted by Gasteiger charge is -2.28. The molecule has 2 heterocycles. The van der Waals surface area contributed by atoms with Crippen LogP contribution in [0.25, 0.3) is 0 Å². The van der Waals surface area contributed by atoms with E-state index in [1.54, 1.807) is 6.20 Å². The molecule has 0 saturated carbocycles. The number of carbonyl (C=O) groups excluding carboxylic acids is 1. The summed E-state index contributed by atoms with van der Waals surface area (Å²) >= 11 is 0. The van der Waals surface area contributed by atoms with Crippen LogP contribution in [-0.4, -0.2) is 50.3 Å². The molecule has 1 aromatic heterocycles. The van der Waals surface area contributed by atoms with Gasteiger partial charge in [-0.25, -0.2) is 4.98 Å². The zero-order valence-electron chi connectivity index (χ0n) is 19.1. The van der Waals surface area contributed by atoms with Crippen LogP contribution in [-0.2, 0) is 16.0 Å². The van der Waals surface area contributed by atoms with Gasteiger partial charge >= 0.3 is 0 Å². The van der Waals surface area contributed by atoms with Crippen molar-refractivity contribution in [3.8, 4) is 6.07 Å². The van der Waals surface area contributed by atoms with Gasteiger partial charge in [-0.1, -0.05) is 42.5 Å². The zero-order chi connectivity index (χ0) is 23.6. The second kappa shape index (κ2) is 11.9. The first-order valence-electron chi connectivity index (χ1n) is 11.6. The van der Waals surface area contributed by atoms with E-state index in [2.05, 4.69) is 26.6 Å². The fourth-order valence-electron chi connectivity index (χ4n) is 3.95. The third-order valence-corrected chi connectivity index (χ3v) is 5.92. The maximum atomic E-state index is 13.2. The molecule has 1 aliphatic heterocycles. The van der Waals surface area contributed by atoms with Gasteiger partial charge in [0.15, 0.2) is 0 Å². The van der Waals surface area contributed by atoms with Crippen LogP contribution in [0.2, 0.25) is 0 Å². The molecule has 4 rings (SSSR count). The van der Waals surface area contributed by atoms with E-state index in [1.807, 2.05) is 66.7 Å². The molecule has 1 atom stereocenters. The van der Waals surface area contributed by atoms with Crippen LogP contribution < -0.4 is 15.5 Å². The average molecular weight is 456 g/mol. The van der Waals surface area contributed by atoms with Gasteiger partial charge in [0.2, 0.25) is 5.91 Å². The van der Waals surface area contributed by atoms with Gasteiger partial charge in [0.05, 0.1) is 42.6 Å². The number of nitrogens with zero attached hydrogens (tertiary/aromatic N) is 3. The predicted molar refractivity (Wildman–Crippen MR) is 133 cm³/mol. The van der Waals surface area contributed by atoms with Crippen molar-refractivity contribution in [2.24, 2.45) is 0 Å². The van der Waals surface area contributed by atoms with Crippen molar-refractivity contribution in [3.05, 3.63) is 89.6 Å². The smallest absolute Gasteiger partial charge is 0.234 e. The van der Waals surface area contributed by atoms with E-state index in [9.17, 15) is 4.79 Å². The number of anilines is 2. The average Bonchev–Trinajstić information content (AvgIpc) is 2.90. The summed E-state index contributed by atoms with van der Waals surface area (Å²) in [5.74, 6) is 0.104. The van der Waals surface area contributed by atoms with Crippen molar-refractivity contribution in [1.82, 2.24) is 10.3 Å². The highest BCUT2D eigenvalue weighted by atomic mass is 16.5. The minimum absolute atomic E-state index is 0.0938. The summed E-state index contributed by atoms with van der Waals surface area (Å²) in [6, 6.07) is 23.3. The Bertz CT molecular complexity index is 1090. The summed E-state index contributed by atoms with van der Waals surface area (Å²) in [6.45, 7) is 4.37. The number of ether oxygens (including phenoxy) is 1. The molecule has 7 nitrogen and oxygen atoms in total. The van der Waals surface area contributed by atoms with Crippen molar-refractivity contribution < 1.29 is 9.53 Å². The molecule has 174 valence electrons. The second-order valence-electron chi connectivity index (χ2n) is 8.22. The molecule has 7 heteroatoms. The molecule has 1 saturated heterocycles. The van der Waals surface area contributed by atoms with E-state index >= 15 is 0 Å². The third kappa shape index (κ3) is 6.41. The van der Waals surface area contributed by atoms with Gasteiger partial charge in [-0.05, 0) is 48.4 Å². The molecular formula is C27H29N5O2. The number of nitriles is 1. The highest BCUT2D eigenvalue weighted by Gasteiger charge is 2.21. The Morgan fingerprint density at radius 2 is 1.82 bits per heavy atom. The van der Waals surface area contributed by atoms with Crippen molar-refractivity contribution in [1.29, 1.82) is 5.26 Å². The molecule has 3 aromatic rings. The van der Waals surface area contributed by atoms with E-state index in [4.69, 9.17) is 10.00 Å². The van der Waals surface area contributed by atoms with E-state index in [0.29, 0.717) is 17.9 Å². The first kappa shape index (κ1) is 23.4. The lowest BCUT2D eigenvalue weighted by molar-refractivity contribution is -0.117. The number of nitrogens with one attached hydrogen (secondary N) is 2. The third-order valence-electron chi connectivity index (χ3n) is 5.92. The Morgan fingerprint density at radius 1 is 1.06 bits per heavy atom. The summed E-state index contributed by atoms with van der Waals surface area (Å²) in [5.41, 5.74) is 3.79. The molecular weight excluding hydrogens is 426 g/mol. The Balaban J connectivity index is 1.35. The number of aromatic nitrogens is 1. The van der Waals surface area contributed by atoms with Gasteiger partial charge in [0.25, 0.3) is 0 Å². The normalized spacial score (nSPS) is 14.3. The fourth-order valence-corrected chi connectivity index (χ4v) is 3.95. The summed E-state index contributed by atoms with van der Waals surface area (Å²) in [7, 11) is 0. The number of benzene rings is 2. The standard InChI is InChI=1S/C27H29N5O2/c28-18-22-8-6-21(7-9-22)12-13-29-20-25(23-4-2-1-3-5-23)27(33)31-26-11-10-24(19-30-26)32-14-16-34-17-15-32/h1-11,19,25,29H,12-17,20H2,(H,30,31,33). The molecule has 34 heavy (non-hydrogen) atoms. The molecule has 1 amide bonds. The van der Waals surface area contributed by atoms with Gasteiger partial charge in [0, 0.05) is 19.6 Å². The number of amides is 1. The summed E-state index contributed by atoms with van der Waals surface area (Å²) in [4.78, 5) is 19.9. The molecule has 1 fully saturated rings. The first-order chi connectivity index (χ1) is 16.7. The maximum absolute atomic E-state index is 13.2. The van der Waals surface area contributed by atoms with Crippen molar-refractivity contribution in [3.63, 3.8) is 0 Å². The number of rotatable bonds is 9. The largest absolute Gasteiger partial charge is 0.378 e. The van der Waals surface area contributed by atoms with Gasteiger partial charge in [-0.3, -0.25) is 4.79 Å². The first-order valence-corrected chi connectivity index (χ1v) is 11.6. The van der Waals surface area contributed by atoms with Crippen molar-refractivity contribution in [2.75, 3.05) is 49.6 Å². The minimum atomic E-state index is -0.345. The fraction of sp³-hybridized carbons (Fsp3) is 0.296. The quantitative estimate of drug-likeness (QED) is 0.481. The molecule has 2 aromatic carbocycles. The lowest BCUT2D eigenvalue weighted by atomic mass is 9.98. The van der Waals surface area contributed by atoms with Crippen LogP contribution in [0, 0.1) is 11.3 Å².